The molecule has 0 saturated carbocycles. The van der Waals surface area contributed by atoms with Crippen LogP contribution in [0.15, 0.2) is 109 Å². The van der Waals surface area contributed by atoms with Crippen molar-refractivity contribution in [1.82, 2.24) is 20.2 Å². The summed E-state index contributed by atoms with van der Waals surface area (Å²) < 4.78 is 1.95. The van der Waals surface area contributed by atoms with Gasteiger partial charge in [-0.3, -0.25) is 0 Å². The molecule has 5 rings (SSSR count). The Morgan fingerprint density at radius 3 is 1.76 bits per heavy atom. The van der Waals surface area contributed by atoms with E-state index in [-0.39, 0.29) is 0 Å². The number of rotatable bonds is 7. The molecule has 0 spiro atoms. The second-order valence-corrected chi connectivity index (χ2v) is 9.19. The number of hydrogen-bond donors (Lipinski definition) is 0. The summed E-state index contributed by atoms with van der Waals surface area (Å²) in [5.41, 5.74) is 4.46. The Bertz CT molecular complexity index is 1280. The van der Waals surface area contributed by atoms with Gasteiger partial charge in [0.1, 0.15) is 5.54 Å². The van der Waals surface area contributed by atoms with Gasteiger partial charge in [0.25, 0.3) is 0 Å². The average Bonchev–Trinajstić information content (AvgIpc) is 3.37. The minimum atomic E-state index is -0.784. The van der Waals surface area contributed by atoms with E-state index in [0.29, 0.717) is 10.8 Å². The highest BCUT2D eigenvalue weighted by Crippen LogP contribution is 2.42. The third-order valence-corrected chi connectivity index (χ3v) is 6.67. The molecule has 0 radical (unpaired) electrons. The zero-order chi connectivity index (χ0) is 23.4. The van der Waals surface area contributed by atoms with E-state index in [4.69, 9.17) is 11.6 Å². The van der Waals surface area contributed by atoms with E-state index in [2.05, 4.69) is 104 Å². The number of nitrogens with zero attached hydrogens (tertiary/aromatic N) is 4. The van der Waals surface area contributed by atoms with Gasteiger partial charge in [-0.1, -0.05) is 119 Å². The third-order valence-electron chi connectivity index (χ3n) is 6.03. The van der Waals surface area contributed by atoms with Crippen LogP contribution in [0.4, 0.5) is 0 Å². The van der Waals surface area contributed by atoms with Crippen molar-refractivity contribution < 1.29 is 0 Å². The number of alkyl halides is 1. The Balaban J connectivity index is 1.88. The molecule has 0 aliphatic carbocycles. The molecule has 0 aliphatic heterocycles. The highest BCUT2D eigenvalue weighted by Gasteiger charge is 2.42. The number of tetrazole rings is 1. The minimum Gasteiger partial charge on any atom is -0.205 e. The molecule has 4 aromatic carbocycles. The Kier molecular flexibility index (Phi) is 6.57. The number of halogens is 2. The monoisotopic (exact) mass is 528 g/mol. The maximum absolute atomic E-state index is 6.36. The first-order chi connectivity index (χ1) is 16.7. The summed E-state index contributed by atoms with van der Waals surface area (Å²) >= 11 is 9.93. The second-order valence-electron chi connectivity index (χ2n) is 7.96. The molecule has 0 N–H and O–H groups in total. The number of benzene rings is 4. The molecule has 0 unspecified atom stereocenters. The summed E-state index contributed by atoms with van der Waals surface area (Å²) in [6.07, 6.45) is 0.803. The minimum absolute atomic E-state index is 0.684. The third kappa shape index (κ3) is 3.95. The fourth-order valence-electron chi connectivity index (χ4n) is 4.57. The van der Waals surface area contributed by atoms with Crippen LogP contribution in [0, 0.1) is 0 Å². The number of aryl methyl sites for hydroxylation is 1. The molecular formula is C28H22BrClN4. The van der Waals surface area contributed by atoms with E-state index in [0.717, 1.165) is 39.6 Å². The molecule has 0 amide bonds. The molecule has 0 bridgehead atoms. The van der Waals surface area contributed by atoms with Crippen molar-refractivity contribution in [2.24, 2.45) is 0 Å². The lowest BCUT2D eigenvalue weighted by molar-refractivity contribution is 0.451. The van der Waals surface area contributed by atoms with Gasteiger partial charge < -0.3 is 0 Å². The molecule has 5 aromatic rings. The van der Waals surface area contributed by atoms with Crippen molar-refractivity contribution in [2.75, 3.05) is 5.33 Å². The first kappa shape index (κ1) is 22.5. The number of hydrogen-bond acceptors (Lipinski definition) is 3. The molecule has 34 heavy (non-hydrogen) atoms. The van der Waals surface area contributed by atoms with Gasteiger partial charge in [-0.2, -0.15) is 0 Å². The summed E-state index contributed by atoms with van der Waals surface area (Å²) in [4.78, 5) is 0. The maximum atomic E-state index is 6.36. The molecule has 168 valence electrons. The lowest BCUT2D eigenvalue weighted by Crippen LogP contribution is -2.39. The molecule has 6 heteroatoms. The molecule has 4 nitrogen and oxygen atoms in total. The summed E-state index contributed by atoms with van der Waals surface area (Å²) in [6, 6.07) is 37.1. The molecule has 0 saturated heterocycles. The Hall–Kier alpha value is -3.28. The fourth-order valence-corrected chi connectivity index (χ4v) is 5.20. The quantitative estimate of drug-likeness (QED) is 0.173. The molecule has 0 atom stereocenters. The van der Waals surface area contributed by atoms with Gasteiger partial charge in [-0.25, -0.2) is 4.68 Å². The van der Waals surface area contributed by atoms with Crippen LogP contribution in [0.25, 0.3) is 11.4 Å². The topological polar surface area (TPSA) is 43.6 Å². The fraction of sp³-hybridized carbons (Fsp3) is 0.107. The molecule has 1 heterocycles. The number of aromatic nitrogens is 4. The molecule has 0 fully saturated rings. The Morgan fingerprint density at radius 1 is 0.735 bits per heavy atom. The lowest BCUT2D eigenvalue weighted by atomic mass is 9.77. The van der Waals surface area contributed by atoms with Gasteiger partial charge in [-0.15, -0.1) is 5.10 Å². The van der Waals surface area contributed by atoms with Crippen LogP contribution in [0.5, 0.6) is 0 Å². The van der Waals surface area contributed by atoms with Crippen LogP contribution in [0.2, 0.25) is 5.02 Å². The van der Waals surface area contributed by atoms with Crippen molar-refractivity contribution in [2.45, 2.75) is 12.0 Å². The highest BCUT2D eigenvalue weighted by atomic mass is 79.9. The predicted octanol–water partition coefficient (Wildman–Crippen LogP) is 6.77. The van der Waals surface area contributed by atoms with E-state index >= 15 is 0 Å². The van der Waals surface area contributed by atoms with Crippen molar-refractivity contribution in [3.05, 3.63) is 136 Å². The first-order valence-electron chi connectivity index (χ1n) is 11.1. The zero-order valence-corrected chi connectivity index (χ0v) is 20.7. The highest BCUT2D eigenvalue weighted by molar-refractivity contribution is 9.09. The van der Waals surface area contributed by atoms with Gasteiger partial charge in [0.05, 0.1) is 0 Å². The van der Waals surface area contributed by atoms with Crippen LogP contribution >= 0.6 is 27.5 Å². The first-order valence-corrected chi connectivity index (χ1v) is 12.6. The van der Waals surface area contributed by atoms with Crippen LogP contribution < -0.4 is 0 Å². The Labute approximate surface area is 212 Å². The summed E-state index contributed by atoms with van der Waals surface area (Å²) in [5, 5.41) is 14.9. The summed E-state index contributed by atoms with van der Waals surface area (Å²) in [5.74, 6) is 0.684. The summed E-state index contributed by atoms with van der Waals surface area (Å²) in [7, 11) is 0. The van der Waals surface area contributed by atoms with Gasteiger partial charge in [0, 0.05) is 15.9 Å². The van der Waals surface area contributed by atoms with Crippen LogP contribution in [-0.2, 0) is 12.0 Å². The normalized spacial score (nSPS) is 11.5. The SMILES string of the molecule is Clc1ccc(-c2nnnn2C(c2ccccc2)(c2ccccc2)c2ccccc2)c(CCBr)c1. The zero-order valence-electron chi connectivity index (χ0n) is 18.4. The van der Waals surface area contributed by atoms with Gasteiger partial charge in [0.15, 0.2) is 5.82 Å². The van der Waals surface area contributed by atoms with Crippen LogP contribution in [0.1, 0.15) is 22.3 Å². The largest absolute Gasteiger partial charge is 0.205 e. The standard InChI is InChI=1S/C28H22BrClN4/c29-19-18-21-20-25(30)16-17-26(21)27-31-32-33-34(27)28(22-10-4-1-5-11-22,23-12-6-2-7-13-23)24-14-8-3-9-15-24/h1-17,20H,18-19H2. The predicted molar refractivity (Wildman–Crippen MR) is 140 cm³/mol. The van der Waals surface area contributed by atoms with E-state index in [1.807, 2.05) is 41.1 Å². The van der Waals surface area contributed by atoms with Gasteiger partial charge in [0.2, 0.25) is 0 Å². The molecular weight excluding hydrogens is 508 g/mol. The van der Waals surface area contributed by atoms with Crippen molar-refractivity contribution >= 4 is 27.5 Å². The average molecular weight is 530 g/mol. The van der Waals surface area contributed by atoms with Gasteiger partial charge in [-0.05, 0) is 57.3 Å². The molecule has 0 aliphatic rings. The van der Waals surface area contributed by atoms with E-state index < -0.39 is 5.54 Å². The van der Waals surface area contributed by atoms with Crippen LogP contribution in [0.3, 0.4) is 0 Å². The van der Waals surface area contributed by atoms with E-state index in [9.17, 15) is 0 Å². The van der Waals surface area contributed by atoms with E-state index in [1.165, 1.54) is 0 Å². The van der Waals surface area contributed by atoms with Crippen molar-refractivity contribution in [1.29, 1.82) is 0 Å². The van der Waals surface area contributed by atoms with E-state index in [1.54, 1.807) is 0 Å². The molecule has 1 aromatic heterocycles. The maximum Gasteiger partial charge on any atom is 0.183 e. The van der Waals surface area contributed by atoms with Crippen LogP contribution in [-0.4, -0.2) is 25.5 Å². The van der Waals surface area contributed by atoms with Crippen molar-refractivity contribution in [3.8, 4) is 11.4 Å². The van der Waals surface area contributed by atoms with Crippen molar-refractivity contribution in [3.63, 3.8) is 0 Å². The second kappa shape index (κ2) is 9.92. The Morgan fingerprint density at radius 2 is 1.26 bits per heavy atom. The lowest BCUT2D eigenvalue weighted by Gasteiger charge is -2.36. The summed E-state index contributed by atoms with van der Waals surface area (Å²) in [6.45, 7) is 0. The van der Waals surface area contributed by atoms with Gasteiger partial charge >= 0.3 is 0 Å². The smallest absolute Gasteiger partial charge is 0.183 e.